The Morgan fingerprint density at radius 2 is 1.81 bits per heavy atom. The molecule has 1 heterocycles. The Kier molecular flexibility index (Phi) is 5.01. The van der Waals surface area contributed by atoms with Crippen molar-refractivity contribution in [2.24, 2.45) is 0 Å². The smallest absolute Gasteiger partial charge is 0.291 e. The summed E-state index contributed by atoms with van der Waals surface area (Å²) in [7, 11) is 0. The molecule has 1 aromatic heterocycles. The molecular formula is C22H24N4O. The van der Waals surface area contributed by atoms with Crippen LogP contribution < -0.4 is 5.32 Å². The molecule has 4 rings (SSSR count). The van der Waals surface area contributed by atoms with Crippen LogP contribution in [0.15, 0.2) is 54.6 Å². The van der Waals surface area contributed by atoms with E-state index < -0.39 is 0 Å². The normalized spacial score (nSPS) is 14.9. The van der Waals surface area contributed by atoms with Crippen molar-refractivity contribution in [1.82, 2.24) is 20.1 Å². The van der Waals surface area contributed by atoms with Gasteiger partial charge in [-0.15, -0.1) is 5.10 Å². The third kappa shape index (κ3) is 3.92. The standard InChI is InChI=1S/C22H24N4O/c1-16-9-8-10-17(15-16)21-24-20(22(27)23-18-11-4-2-5-12-18)25-26(21)19-13-6-3-7-14-19/h3,6-10,13-15,18H,2,4-5,11-12H2,1H3,(H,23,27). The minimum atomic E-state index is -0.189. The average Bonchev–Trinajstić information content (AvgIpc) is 3.15. The van der Waals surface area contributed by atoms with Crippen LogP contribution >= 0.6 is 0 Å². The summed E-state index contributed by atoms with van der Waals surface area (Å²) in [6.45, 7) is 2.05. The van der Waals surface area contributed by atoms with Crippen LogP contribution in [0.4, 0.5) is 0 Å². The number of aryl methyl sites for hydroxylation is 1. The van der Waals surface area contributed by atoms with E-state index in [0.29, 0.717) is 5.82 Å². The molecular weight excluding hydrogens is 336 g/mol. The lowest BCUT2D eigenvalue weighted by atomic mass is 9.95. The molecule has 5 nitrogen and oxygen atoms in total. The van der Waals surface area contributed by atoms with Gasteiger partial charge in [0.25, 0.3) is 5.91 Å². The Labute approximate surface area is 159 Å². The molecule has 3 aromatic rings. The third-order valence-electron chi connectivity index (χ3n) is 5.03. The Hall–Kier alpha value is -2.95. The van der Waals surface area contributed by atoms with Gasteiger partial charge < -0.3 is 5.32 Å². The zero-order chi connectivity index (χ0) is 18.6. The number of benzene rings is 2. The fourth-order valence-corrected chi connectivity index (χ4v) is 3.63. The molecule has 1 fully saturated rings. The van der Waals surface area contributed by atoms with Crippen LogP contribution in [0.5, 0.6) is 0 Å². The highest BCUT2D eigenvalue weighted by Gasteiger charge is 2.22. The van der Waals surface area contributed by atoms with Gasteiger partial charge in [0.1, 0.15) is 0 Å². The number of amides is 1. The second-order valence-corrected chi connectivity index (χ2v) is 7.18. The SMILES string of the molecule is Cc1cccc(-c2nc(C(=O)NC3CCCCC3)nn2-c2ccccc2)c1. The van der Waals surface area contributed by atoms with Crippen molar-refractivity contribution in [3.63, 3.8) is 0 Å². The van der Waals surface area contributed by atoms with Crippen LogP contribution in [0.2, 0.25) is 0 Å². The van der Waals surface area contributed by atoms with Crippen molar-refractivity contribution in [3.8, 4) is 17.1 Å². The van der Waals surface area contributed by atoms with Crippen LogP contribution in [0.3, 0.4) is 0 Å². The monoisotopic (exact) mass is 360 g/mol. The first-order chi connectivity index (χ1) is 13.2. The van der Waals surface area contributed by atoms with Gasteiger partial charge in [-0.1, -0.05) is 61.2 Å². The predicted octanol–water partition coefficient (Wildman–Crippen LogP) is 4.31. The van der Waals surface area contributed by atoms with Crippen molar-refractivity contribution in [2.45, 2.75) is 45.1 Å². The quantitative estimate of drug-likeness (QED) is 0.754. The number of hydrogen-bond acceptors (Lipinski definition) is 3. The van der Waals surface area contributed by atoms with E-state index in [2.05, 4.69) is 21.5 Å². The zero-order valence-electron chi connectivity index (χ0n) is 15.6. The lowest BCUT2D eigenvalue weighted by molar-refractivity contribution is 0.0917. The summed E-state index contributed by atoms with van der Waals surface area (Å²) in [5.41, 5.74) is 2.98. The summed E-state index contributed by atoms with van der Waals surface area (Å²) in [4.78, 5) is 17.4. The maximum atomic E-state index is 12.8. The number of nitrogens with zero attached hydrogens (tertiary/aromatic N) is 3. The van der Waals surface area contributed by atoms with Crippen LogP contribution in [-0.4, -0.2) is 26.7 Å². The van der Waals surface area contributed by atoms with Gasteiger partial charge in [-0.2, -0.15) is 0 Å². The number of aromatic nitrogens is 3. The first-order valence-electron chi connectivity index (χ1n) is 9.61. The van der Waals surface area contributed by atoms with Gasteiger partial charge in [0.15, 0.2) is 5.82 Å². The molecule has 1 saturated carbocycles. The van der Waals surface area contributed by atoms with E-state index in [1.54, 1.807) is 4.68 Å². The summed E-state index contributed by atoms with van der Waals surface area (Å²) in [5.74, 6) is 0.713. The van der Waals surface area contributed by atoms with Crippen molar-refractivity contribution in [1.29, 1.82) is 0 Å². The number of rotatable bonds is 4. The van der Waals surface area contributed by atoms with E-state index in [1.807, 2.05) is 55.5 Å². The Bertz CT molecular complexity index is 926. The number of hydrogen-bond donors (Lipinski definition) is 1. The van der Waals surface area contributed by atoms with Gasteiger partial charge >= 0.3 is 0 Å². The van der Waals surface area contributed by atoms with Crippen molar-refractivity contribution >= 4 is 5.91 Å². The van der Waals surface area contributed by atoms with E-state index in [1.165, 1.54) is 19.3 Å². The maximum Gasteiger partial charge on any atom is 0.291 e. The second kappa shape index (κ2) is 7.74. The molecule has 0 aliphatic heterocycles. The van der Waals surface area contributed by atoms with Gasteiger partial charge in [-0.05, 0) is 38.0 Å². The third-order valence-corrected chi connectivity index (χ3v) is 5.03. The summed E-state index contributed by atoms with van der Waals surface area (Å²) in [6, 6.07) is 18.2. The largest absolute Gasteiger partial charge is 0.347 e. The van der Waals surface area contributed by atoms with Crippen LogP contribution in [0.1, 0.15) is 48.3 Å². The molecule has 1 aliphatic carbocycles. The number of para-hydroxylation sites is 1. The van der Waals surface area contributed by atoms with Gasteiger partial charge in [0, 0.05) is 11.6 Å². The molecule has 27 heavy (non-hydrogen) atoms. The first kappa shape index (κ1) is 17.5. The van der Waals surface area contributed by atoms with Gasteiger partial charge in [0.05, 0.1) is 5.69 Å². The topological polar surface area (TPSA) is 59.8 Å². The maximum absolute atomic E-state index is 12.8. The Morgan fingerprint density at radius 3 is 2.56 bits per heavy atom. The molecule has 0 unspecified atom stereocenters. The molecule has 5 heteroatoms. The van der Waals surface area contributed by atoms with Crippen LogP contribution in [0.25, 0.3) is 17.1 Å². The molecule has 0 radical (unpaired) electrons. The van der Waals surface area contributed by atoms with E-state index in [-0.39, 0.29) is 17.8 Å². The van der Waals surface area contributed by atoms with Crippen molar-refractivity contribution < 1.29 is 4.79 Å². The molecule has 1 aliphatic rings. The number of carbonyl (C=O) groups excluding carboxylic acids is 1. The van der Waals surface area contributed by atoms with Crippen molar-refractivity contribution in [2.75, 3.05) is 0 Å². The number of carbonyl (C=O) groups is 1. The van der Waals surface area contributed by atoms with Gasteiger partial charge in [-0.25, -0.2) is 9.67 Å². The van der Waals surface area contributed by atoms with Gasteiger partial charge in [0.2, 0.25) is 5.82 Å². The highest BCUT2D eigenvalue weighted by atomic mass is 16.2. The predicted molar refractivity (Wildman–Crippen MR) is 106 cm³/mol. The average molecular weight is 360 g/mol. The Morgan fingerprint density at radius 1 is 1.04 bits per heavy atom. The lowest BCUT2D eigenvalue weighted by Crippen LogP contribution is -2.36. The fraction of sp³-hybridized carbons (Fsp3) is 0.318. The molecule has 0 atom stereocenters. The van der Waals surface area contributed by atoms with Crippen molar-refractivity contribution in [3.05, 3.63) is 66.0 Å². The lowest BCUT2D eigenvalue weighted by Gasteiger charge is -2.21. The molecule has 0 spiro atoms. The van der Waals surface area contributed by atoms with E-state index in [9.17, 15) is 4.79 Å². The molecule has 0 saturated heterocycles. The highest BCUT2D eigenvalue weighted by molar-refractivity contribution is 5.91. The second-order valence-electron chi connectivity index (χ2n) is 7.18. The zero-order valence-corrected chi connectivity index (χ0v) is 15.6. The minimum absolute atomic E-state index is 0.189. The van der Waals surface area contributed by atoms with Crippen LogP contribution in [-0.2, 0) is 0 Å². The Balaban J connectivity index is 1.70. The van der Waals surface area contributed by atoms with Crippen LogP contribution in [0, 0.1) is 6.92 Å². The summed E-state index contributed by atoms with van der Waals surface area (Å²) in [5, 5.41) is 7.66. The molecule has 1 amide bonds. The molecule has 1 N–H and O–H groups in total. The number of nitrogens with one attached hydrogen (secondary N) is 1. The molecule has 138 valence electrons. The summed E-state index contributed by atoms with van der Waals surface area (Å²) >= 11 is 0. The highest BCUT2D eigenvalue weighted by Crippen LogP contribution is 2.23. The molecule has 2 aromatic carbocycles. The van der Waals surface area contributed by atoms with E-state index >= 15 is 0 Å². The minimum Gasteiger partial charge on any atom is -0.347 e. The summed E-state index contributed by atoms with van der Waals surface area (Å²) < 4.78 is 1.75. The fourth-order valence-electron chi connectivity index (χ4n) is 3.63. The first-order valence-corrected chi connectivity index (χ1v) is 9.61. The van der Waals surface area contributed by atoms with E-state index in [4.69, 9.17) is 0 Å². The van der Waals surface area contributed by atoms with Gasteiger partial charge in [-0.3, -0.25) is 4.79 Å². The summed E-state index contributed by atoms with van der Waals surface area (Å²) in [6.07, 6.45) is 5.67. The van der Waals surface area contributed by atoms with E-state index in [0.717, 1.165) is 29.7 Å². The molecule has 0 bridgehead atoms.